The van der Waals surface area contributed by atoms with Crippen LogP contribution in [-0.4, -0.2) is 37.6 Å². The lowest BCUT2D eigenvalue weighted by atomic mass is 10.1. The standard InChI is InChI=1S/C16H24O4/c1-5-14(17)10-16(12(2)18-3)20-11-13-6-8-15(19-4)9-7-13/h5-9,12,14,16-17H,1,10-11H2,2-4H3/t12-,14-,16+/m1/s1. The molecule has 0 heterocycles. The molecule has 0 radical (unpaired) electrons. The number of rotatable bonds is 9. The van der Waals surface area contributed by atoms with E-state index in [1.54, 1.807) is 14.2 Å². The molecule has 0 fully saturated rings. The van der Waals surface area contributed by atoms with E-state index >= 15 is 0 Å². The zero-order valence-electron chi connectivity index (χ0n) is 12.4. The molecule has 3 atom stereocenters. The molecule has 0 aliphatic heterocycles. The van der Waals surface area contributed by atoms with Gasteiger partial charge in [-0.1, -0.05) is 18.2 Å². The van der Waals surface area contributed by atoms with Crippen molar-refractivity contribution in [1.82, 2.24) is 0 Å². The summed E-state index contributed by atoms with van der Waals surface area (Å²) in [5, 5.41) is 9.67. The molecule has 1 rings (SSSR count). The van der Waals surface area contributed by atoms with E-state index in [2.05, 4.69) is 6.58 Å². The Labute approximate surface area is 121 Å². The Morgan fingerprint density at radius 1 is 1.25 bits per heavy atom. The predicted molar refractivity (Wildman–Crippen MR) is 78.9 cm³/mol. The van der Waals surface area contributed by atoms with Gasteiger partial charge in [-0.15, -0.1) is 6.58 Å². The molecule has 0 aliphatic rings. The second-order valence-corrected chi connectivity index (χ2v) is 4.68. The third kappa shape index (κ3) is 5.33. The van der Waals surface area contributed by atoms with Crippen LogP contribution in [0.1, 0.15) is 18.9 Å². The number of hydrogen-bond donors (Lipinski definition) is 1. The Balaban J connectivity index is 2.57. The van der Waals surface area contributed by atoms with Crippen LogP contribution >= 0.6 is 0 Å². The fraction of sp³-hybridized carbons (Fsp3) is 0.500. The van der Waals surface area contributed by atoms with Gasteiger partial charge >= 0.3 is 0 Å². The fourth-order valence-electron chi connectivity index (χ4n) is 1.81. The first kappa shape index (κ1) is 16.7. The van der Waals surface area contributed by atoms with Gasteiger partial charge in [-0.05, 0) is 24.6 Å². The molecular formula is C16H24O4. The molecule has 112 valence electrons. The maximum atomic E-state index is 9.67. The number of ether oxygens (including phenoxy) is 3. The van der Waals surface area contributed by atoms with Gasteiger partial charge in [0.1, 0.15) is 5.75 Å². The van der Waals surface area contributed by atoms with Crippen molar-refractivity contribution in [2.75, 3.05) is 14.2 Å². The Bertz CT molecular complexity index is 388. The van der Waals surface area contributed by atoms with E-state index in [0.29, 0.717) is 13.0 Å². The Morgan fingerprint density at radius 3 is 2.40 bits per heavy atom. The Hall–Kier alpha value is -1.36. The second kappa shape index (κ2) is 8.74. The monoisotopic (exact) mass is 280 g/mol. The highest BCUT2D eigenvalue weighted by molar-refractivity contribution is 5.26. The quantitative estimate of drug-likeness (QED) is 0.706. The molecule has 1 aromatic rings. The zero-order chi connectivity index (χ0) is 15.0. The van der Waals surface area contributed by atoms with Crippen LogP contribution in [0.3, 0.4) is 0 Å². The molecule has 0 bridgehead atoms. The van der Waals surface area contributed by atoms with Crippen LogP contribution in [0.5, 0.6) is 5.75 Å². The third-order valence-electron chi connectivity index (χ3n) is 3.26. The van der Waals surface area contributed by atoms with E-state index in [9.17, 15) is 5.11 Å². The summed E-state index contributed by atoms with van der Waals surface area (Å²) in [6.45, 7) is 5.97. The maximum absolute atomic E-state index is 9.67. The summed E-state index contributed by atoms with van der Waals surface area (Å²) in [5.41, 5.74) is 1.05. The summed E-state index contributed by atoms with van der Waals surface area (Å²) < 4.78 is 16.3. The van der Waals surface area contributed by atoms with E-state index in [0.717, 1.165) is 11.3 Å². The first-order valence-electron chi connectivity index (χ1n) is 6.68. The molecule has 0 amide bonds. The molecule has 0 aliphatic carbocycles. The number of methoxy groups -OCH3 is 2. The van der Waals surface area contributed by atoms with Crippen molar-refractivity contribution in [2.45, 2.75) is 38.3 Å². The molecule has 0 aromatic heterocycles. The average Bonchev–Trinajstić information content (AvgIpc) is 2.50. The SMILES string of the molecule is C=C[C@@H](O)C[C@H](OCc1ccc(OC)cc1)[C@@H](C)OC. The minimum Gasteiger partial charge on any atom is -0.497 e. The second-order valence-electron chi connectivity index (χ2n) is 4.68. The molecule has 4 nitrogen and oxygen atoms in total. The number of benzene rings is 1. The lowest BCUT2D eigenvalue weighted by Gasteiger charge is -2.24. The van der Waals surface area contributed by atoms with Gasteiger partial charge in [0.2, 0.25) is 0 Å². The molecule has 20 heavy (non-hydrogen) atoms. The molecule has 0 unspecified atom stereocenters. The van der Waals surface area contributed by atoms with Gasteiger partial charge in [0.05, 0.1) is 32.0 Å². The summed E-state index contributed by atoms with van der Waals surface area (Å²) in [6, 6.07) is 7.70. The van der Waals surface area contributed by atoms with E-state index in [-0.39, 0.29) is 12.2 Å². The predicted octanol–water partition coefficient (Wildman–Crippen LogP) is 2.55. The highest BCUT2D eigenvalue weighted by Gasteiger charge is 2.20. The van der Waals surface area contributed by atoms with Crippen molar-refractivity contribution in [3.8, 4) is 5.75 Å². The molecule has 0 spiro atoms. The van der Waals surface area contributed by atoms with Gasteiger partial charge in [-0.2, -0.15) is 0 Å². The summed E-state index contributed by atoms with van der Waals surface area (Å²) >= 11 is 0. The van der Waals surface area contributed by atoms with Crippen molar-refractivity contribution < 1.29 is 19.3 Å². The molecule has 1 aromatic carbocycles. The van der Waals surface area contributed by atoms with Gasteiger partial charge in [0, 0.05) is 13.5 Å². The minimum atomic E-state index is -0.589. The van der Waals surface area contributed by atoms with Crippen LogP contribution in [0.2, 0.25) is 0 Å². The molecule has 0 saturated heterocycles. The largest absolute Gasteiger partial charge is 0.497 e. The molecule has 4 heteroatoms. The highest BCUT2D eigenvalue weighted by Crippen LogP contribution is 2.16. The lowest BCUT2D eigenvalue weighted by Crippen LogP contribution is -2.31. The van der Waals surface area contributed by atoms with Gasteiger partial charge in [0.15, 0.2) is 0 Å². The normalized spacial score (nSPS) is 15.4. The van der Waals surface area contributed by atoms with Crippen molar-refractivity contribution in [3.63, 3.8) is 0 Å². The van der Waals surface area contributed by atoms with Crippen LogP contribution in [0.4, 0.5) is 0 Å². The van der Waals surface area contributed by atoms with Gasteiger partial charge in [0.25, 0.3) is 0 Å². The third-order valence-corrected chi connectivity index (χ3v) is 3.26. The van der Waals surface area contributed by atoms with E-state index in [4.69, 9.17) is 14.2 Å². The van der Waals surface area contributed by atoms with Crippen LogP contribution < -0.4 is 4.74 Å². The summed E-state index contributed by atoms with van der Waals surface area (Å²) in [7, 11) is 3.27. The topological polar surface area (TPSA) is 47.9 Å². The zero-order valence-corrected chi connectivity index (χ0v) is 12.4. The fourth-order valence-corrected chi connectivity index (χ4v) is 1.81. The Morgan fingerprint density at radius 2 is 1.90 bits per heavy atom. The summed E-state index contributed by atoms with van der Waals surface area (Å²) in [5.74, 6) is 0.817. The molecular weight excluding hydrogens is 256 g/mol. The lowest BCUT2D eigenvalue weighted by molar-refractivity contribution is -0.0704. The number of aliphatic hydroxyl groups is 1. The minimum absolute atomic E-state index is 0.0946. The van der Waals surface area contributed by atoms with Crippen LogP contribution in [0.25, 0.3) is 0 Å². The van der Waals surface area contributed by atoms with Crippen molar-refractivity contribution in [2.24, 2.45) is 0 Å². The summed E-state index contributed by atoms with van der Waals surface area (Å²) in [6.07, 6.45) is 1.10. The van der Waals surface area contributed by atoms with Gasteiger partial charge in [-0.3, -0.25) is 0 Å². The maximum Gasteiger partial charge on any atom is 0.118 e. The molecule has 0 saturated carbocycles. The number of aliphatic hydroxyl groups excluding tert-OH is 1. The first-order valence-corrected chi connectivity index (χ1v) is 6.68. The summed E-state index contributed by atoms with van der Waals surface area (Å²) in [4.78, 5) is 0. The van der Waals surface area contributed by atoms with E-state index in [1.807, 2.05) is 31.2 Å². The number of hydrogen-bond acceptors (Lipinski definition) is 4. The van der Waals surface area contributed by atoms with E-state index in [1.165, 1.54) is 6.08 Å². The van der Waals surface area contributed by atoms with E-state index < -0.39 is 6.10 Å². The first-order chi connectivity index (χ1) is 9.60. The molecule has 1 N–H and O–H groups in total. The van der Waals surface area contributed by atoms with Crippen molar-refractivity contribution in [1.29, 1.82) is 0 Å². The van der Waals surface area contributed by atoms with Crippen LogP contribution in [0, 0.1) is 0 Å². The van der Waals surface area contributed by atoms with Crippen molar-refractivity contribution in [3.05, 3.63) is 42.5 Å². The average molecular weight is 280 g/mol. The van der Waals surface area contributed by atoms with Crippen LogP contribution in [-0.2, 0) is 16.1 Å². The highest BCUT2D eigenvalue weighted by atomic mass is 16.5. The van der Waals surface area contributed by atoms with Crippen molar-refractivity contribution >= 4 is 0 Å². The smallest absolute Gasteiger partial charge is 0.118 e. The Kier molecular flexibility index (Phi) is 7.30. The van der Waals surface area contributed by atoms with Gasteiger partial charge in [-0.25, -0.2) is 0 Å². The van der Waals surface area contributed by atoms with Crippen LogP contribution in [0.15, 0.2) is 36.9 Å². The van der Waals surface area contributed by atoms with Gasteiger partial charge < -0.3 is 19.3 Å².